The average molecular weight is 290 g/mol. The Labute approximate surface area is 115 Å². The van der Waals surface area contributed by atoms with Crippen LogP contribution in [0.5, 0.6) is 5.75 Å². The molecule has 0 aromatic heterocycles. The van der Waals surface area contributed by atoms with Gasteiger partial charge in [-0.1, -0.05) is 32.0 Å². The van der Waals surface area contributed by atoms with E-state index in [0.717, 1.165) is 0 Å². The minimum absolute atomic E-state index is 0.171. The maximum Gasteiger partial charge on any atom is 0.573 e. The molecule has 1 atom stereocenters. The molecule has 1 aromatic carbocycles. The average Bonchev–Trinajstić information content (AvgIpc) is 2.29. The second-order valence-electron chi connectivity index (χ2n) is 4.56. The molecule has 1 aromatic rings. The molecule has 1 rings (SSSR count). The number of alkyl halides is 3. The van der Waals surface area contributed by atoms with E-state index in [-0.39, 0.29) is 23.8 Å². The van der Waals surface area contributed by atoms with E-state index in [4.69, 9.17) is 4.74 Å². The first-order chi connectivity index (χ1) is 9.26. The standard InChI is InChI=1S/C14H17F3O3/c1-4-19-13(18)12(9(2)3)10-7-5-6-8-11(10)20-14(15,16)17/h5-9,12H,4H2,1-3H3. The largest absolute Gasteiger partial charge is 0.573 e. The minimum Gasteiger partial charge on any atom is -0.466 e. The number of para-hydroxylation sites is 1. The Kier molecular flexibility index (Phi) is 5.42. The molecule has 0 fully saturated rings. The Hall–Kier alpha value is -1.72. The van der Waals surface area contributed by atoms with Crippen molar-refractivity contribution in [2.24, 2.45) is 5.92 Å². The van der Waals surface area contributed by atoms with Crippen molar-refractivity contribution in [3.63, 3.8) is 0 Å². The molecule has 0 saturated heterocycles. The van der Waals surface area contributed by atoms with Gasteiger partial charge in [-0.2, -0.15) is 0 Å². The summed E-state index contributed by atoms with van der Waals surface area (Å²) in [4.78, 5) is 11.9. The number of benzene rings is 1. The Morgan fingerprint density at radius 1 is 1.25 bits per heavy atom. The molecule has 1 unspecified atom stereocenters. The van der Waals surface area contributed by atoms with Crippen molar-refractivity contribution in [3.8, 4) is 5.75 Å². The van der Waals surface area contributed by atoms with Gasteiger partial charge in [0.25, 0.3) is 0 Å². The lowest BCUT2D eigenvalue weighted by Crippen LogP contribution is -2.24. The highest BCUT2D eigenvalue weighted by atomic mass is 19.4. The monoisotopic (exact) mass is 290 g/mol. The van der Waals surface area contributed by atoms with Gasteiger partial charge in [-0.25, -0.2) is 0 Å². The number of hydrogen-bond acceptors (Lipinski definition) is 3. The molecule has 0 aliphatic carbocycles. The van der Waals surface area contributed by atoms with E-state index in [1.54, 1.807) is 26.8 Å². The zero-order valence-corrected chi connectivity index (χ0v) is 11.5. The van der Waals surface area contributed by atoms with E-state index < -0.39 is 18.2 Å². The Morgan fingerprint density at radius 2 is 1.85 bits per heavy atom. The number of hydrogen-bond donors (Lipinski definition) is 0. The Morgan fingerprint density at radius 3 is 2.35 bits per heavy atom. The van der Waals surface area contributed by atoms with Crippen LogP contribution in [0, 0.1) is 5.92 Å². The molecule has 0 N–H and O–H groups in total. The molecular weight excluding hydrogens is 273 g/mol. The van der Waals surface area contributed by atoms with Crippen LogP contribution >= 0.6 is 0 Å². The van der Waals surface area contributed by atoms with Crippen molar-refractivity contribution in [2.75, 3.05) is 6.61 Å². The molecule has 0 spiro atoms. The molecule has 20 heavy (non-hydrogen) atoms. The fourth-order valence-corrected chi connectivity index (χ4v) is 1.95. The van der Waals surface area contributed by atoms with E-state index in [1.165, 1.54) is 18.2 Å². The number of rotatable bonds is 5. The van der Waals surface area contributed by atoms with Gasteiger partial charge in [0.15, 0.2) is 0 Å². The molecule has 0 aliphatic heterocycles. The van der Waals surface area contributed by atoms with Crippen LogP contribution in [0.2, 0.25) is 0 Å². The SMILES string of the molecule is CCOC(=O)C(c1ccccc1OC(F)(F)F)C(C)C. The first-order valence-electron chi connectivity index (χ1n) is 6.27. The third-order valence-corrected chi connectivity index (χ3v) is 2.69. The highest BCUT2D eigenvalue weighted by molar-refractivity contribution is 5.79. The molecule has 0 amide bonds. The number of carbonyl (C=O) groups excluding carboxylic acids is 1. The van der Waals surface area contributed by atoms with E-state index in [9.17, 15) is 18.0 Å². The van der Waals surface area contributed by atoms with Crippen LogP contribution in [0.3, 0.4) is 0 Å². The van der Waals surface area contributed by atoms with Crippen molar-refractivity contribution < 1.29 is 27.4 Å². The predicted octanol–water partition coefficient (Wildman–Crippen LogP) is 3.89. The van der Waals surface area contributed by atoms with Gasteiger partial charge in [-0.3, -0.25) is 4.79 Å². The normalized spacial score (nSPS) is 13.2. The van der Waals surface area contributed by atoms with E-state index in [1.807, 2.05) is 0 Å². The number of carbonyl (C=O) groups is 1. The summed E-state index contributed by atoms with van der Waals surface area (Å²) in [6.07, 6.45) is -4.80. The third kappa shape index (κ3) is 4.43. The van der Waals surface area contributed by atoms with E-state index in [2.05, 4.69) is 4.74 Å². The van der Waals surface area contributed by atoms with Crippen LogP contribution in [0.15, 0.2) is 24.3 Å². The summed E-state index contributed by atoms with van der Waals surface area (Å²) in [6.45, 7) is 5.30. The van der Waals surface area contributed by atoms with E-state index in [0.29, 0.717) is 0 Å². The fourth-order valence-electron chi connectivity index (χ4n) is 1.95. The Bertz CT molecular complexity index is 455. The van der Waals surface area contributed by atoms with Crippen LogP contribution in [-0.4, -0.2) is 18.9 Å². The zero-order chi connectivity index (χ0) is 15.3. The molecule has 112 valence electrons. The van der Waals surface area contributed by atoms with Crippen molar-refractivity contribution in [3.05, 3.63) is 29.8 Å². The minimum atomic E-state index is -4.80. The second kappa shape index (κ2) is 6.63. The van der Waals surface area contributed by atoms with Gasteiger partial charge >= 0.3 is 12.3 Å². The zero-order valence-electron chi connectivity index (χ0n) is 11.5. The van der Waals surface area contributed by atoms with Gasteiger partial charge in [0, 0.05) is 5.56 Å². The van der Waals surface area contributed by atoms with Crippen LogP contribution in [0.1, 0.15) is 32.3 Å². The molecule has 0 bridgehead atoms. The van der Waals surface area contributed by atoms with Gasteiger partial charge in [0.05, 0.1) is 12.5 Å². The number of ether oxygens (including phenoxy) is 2. The summed E-state index contributed by atoms with van der Waals surface area (Å²) in [5.74, 6) is -1.94. The summed E-state index contributed by atoms with van der Waals surface area (Å²) in [7, 11) is 0. The predicted molar refractivity (Wildman–Crippen MR) is 67.3 cm³/mol. The first-order valence-corrected chi connectivity index (χ1v) is 6.27. The van der Waals surface area contributed by atoms with Gasteiger partial charge in [0.2, 0.25) is 0 Å². The van der Waals surface area contributed by atoms with Crippen LogP contribution in [-0.2, 0) is 9.53 Å². The summed E-state index contributed by atoms with van der Waals surface area (Å²) in [5.41, 5.74) is 0.179. The number of halogens is 3. The van der Waals surface area contributed by atoms with Crippen molar-refractivity contribution >= 4 is 5.97 Å². The topological polar surface area (TPSA) is 35.5 Å². The maximum absolute atomic E-state index is 12.4. The van der Waals surface area contributed by atoms with Gasteiger partial charge in [-0.15, -0.1) is 13.2 Å². The lowest BCUT2D eigenvalue weighted by atomic mass is 9.88. The molecule has 3 nitrogen and oxygen atoms in total. The fraction of sp³-hybridized carbons (Fsp3) is 0.500. The number of esters is 1. The highest BCUT2D eigenvalue weighted by Gasteiger charge is 2.35. The summed E-state index contributed by atoms with van der Waals surface area (Å²) in [6, 6.07) is 5.63. The third-order valence-electron chi connectivity index (χ3n) is 2.69. The van der Waals surface area contributed by atoms with Crippen molar-refractivity contribution in [1.29, 1.82) is 0 Å². The molecule has 6 heteroatoms. The second-order valence-corrected chi connectivity index (χ2v) is 4.56. The van der Waals surface area contributed by atoms with Crippen molar-refractivity contribution in [1.82, 2.24) is 0 Å². The quantitative estimate of drug-likeness (QED) is 0.772. The van der Waals surface area contributed by atoms with Crippen LogP contribution in [0.25, 0.3) is 0 Å². The molecule has 0 heterocycles. The first kappa shape index (κ1) is 16.3. The van der Waals surface area contributed by atoms with Crippen molar-refractivity contribution in [2.45, 2.75) is 33.1 Å². The smallest absolute Gasteiger partial charge is 0.466 e. The molecule has 0 aliphatic rings. The van der Waals surface area contributed by atoms with Crippen LogP contribution < -0.4 is 4.74 Å². The van der Waals surface area contributed by atoms with Crippen LogP contribution in [0.4, 0.5) is 13.2 Å². The lowest BCUT2D eigenvalue weighted by Gasteiger charge is -2.22. The molecule has 0 saturated carbocycles. The lowest BCUT2D eigenvalue weighted by molar-refractivity contribution is -0.275. The van der Waals surface area contributed by atoms with Gasteiger partial charge in [-0.05, 0) is 18.9 Å². The summed E-state index contributed by atoms with van der Waals surface area (Å²) >= 11 is 0. The Balaban J connectivity index is 3.17. The summed E-state index contributed by atoms with van der Waals surface area (Å²) < 4.78 is 46.1. The summed E-state index contributed by atoms with van der Waals surface area (Å²) in [5, 5.41) is 0. The van der Waals surface area contributed by atoms with Gasteiger partial charge in [0.1, 0.15) is 5.75 Å². The maximum atomic E-state index is 12.4. The molecular formula is C14H17F3O3. The van der Waals surface area contributed by atoms with Gasteiger partial charge < -0.3 is 9.47 Å². The molecule has 0 radical (unpaired) electrons. The van der Waals surface area contributed by atoms with E-state index >= 15 is 0 Å². The highest BCUT2D eigenvalue weighted by Crippen LogP contribution is 2.35.